The number of carbonyl (C=O) groups excluding carboxylic acids is 3. The molecule has 7 heteroatoms. The van der Waals surface area contributed by atoms with E-state index in [4.69, 9.17) is 9.47 Å². The van der Waals surface area contributed by atoms with Crippen molar-refractivity contribution >= 4 is 18.0 Å². The highest BCUT2D eigenvalue weighted by molar-refractivity contribution is 5.81. The van der Waals surface area contributed by atoms with Gasteiger partial charge in [0.25, 0.3) is 5.91 Å². The Morgan fingerprint density at radius 2 is 1.67 bits per heavy atom. The van der Waals surface area contributed by atoms with Crippen LogP contribution in [-0.2, 0) is 19.1 Å². The summed E-state index contributed by atoms with van der Waals surface area (Å²) < 4.78 is 10.1. The Hall–Kier alpha value is -1.79. The minimum atomic E-state index is -0.524. The minimum Gasteiger partial charge on any atom is -0.456 e. The number of piperazine rings is 1. The van der Waals surface area contributed by atoms with Gasteiger partial charge in [-0.05, 0) is 27.2 Å². The average Bonchev–Trinajstić information content (AvgIpc) is 2.93. The van der Waals surface area contributed by atoms with Crippen LogP contribution in [0.3, 0.4) is 0 Å². The third kappa shape index (κ3) is 3.65. The van der Waals surface area contributed by atoms with Gasteiger partial charge in [-0.15, -0.1) is 0 Å². The highest BCUT2D eigenvalue weighted by Crippen LogP contribution is 2.31. The Bertz CT molecular complexity index is 457. The van der Waals surface area contributed by atoms with E-state index in [2.05, 4.69) is 0 Å². The van der Waals surface area contributed by atoms with E-state index in [0.717, 1.165) is 6.42 Å². The molecular weight excluding hydrogens is 276 g/mol. The van der Waals surface area contributed by atoms with E-state index in [9.17, 15) is 14.4 Å². The molecule has 2 aliphatic heterocycles. The maximum absolute atomic E-state index is 12.1. The van der Waals surface area contributed by atoms with Crippen LogP contribution in [0.5, 0.6) is 0 Å². The van der Waals surface area contributed by atoms with E-state index in [1.807, 2.05) is 20.8 Å². The molecule has 21 heavy (non-hydrogen) atoms. The summed E-state index contributed by atoms with van der Waals surface area (Å²) in [7, 11) is 0. The van der Waals surface area contributed by atoms with E-state index in [1.165, 1.54) is 6.92 Å². The van der Waals surface area contributed by atoms with Gasteiger partial charge in [0, 0.05) is 20.0 Å². The fraction of sp³-hybridized carbons (Fsp3) is 0.786. The van der Waals surface area contributed by atoms with Crippen molar-refractivity contribution in [3.8, 4) is 0 Å². The number of hydrogen-bond acceptors (Lipinski definition) is 5. The van der Waals surface area contributed by atoms with Gasteiger partial charge in [0.05, 0.1) is 12.1 Å². The molecule has 2 saturated heterocycles. The maximum atomic E-state index is 12.1. The lowest BCUT2D eigenvalue weighted by Gasteiger charge is -2.35. The summed E-state index contributed by atoms with van der Waals surface area (Å²) in [6, 6.07) is -0.0169. The topological polar surface area (TPSA) is 76.2 Å². The fourth-order valence-corrected chi connectivity index (χ4v) is 2.76. The van der Waals surface area contributed by atoms with Gasteiger partial charge in [-0.2, -0.15) is 0 Å². The van der Waals surface area contributed by atoms with Crippen molar-refractivity contribution in [2.45, 2.75) is 51.8 Å². The van der Waals surface area contributed by atoms with Crippen molar-refractivity contribution in [3.63, 3.8) is 0 Å². The number of amides is 2. The second kappa shape index (κ2) is 5.54. The lowest BCUT2D eigenvalue weighted by atomic mass is 10.2. The molecule has 0 radical (unpaired) electrons. The SMILES string of the molecule is CC(=O)OCC(=O)N1CC2CC1CN2C(=O)OC(C)(C)C. The zero-order valence-electron chi connectivity index (χ0n) is 12.9. The zero-order chi connectivity index (χ0) is 15.8. The number of esters is 1. The first-order valence-corrected chi connectivity index (χ1v) is 7.10. The molecule has 2 unspecified atom stereocenters. The molecule has 2 bridgehead atoms. The molecule has 2 fully saturated rings. The van der Waals surface area contributed by atoms with Crippen molar-refractivity contribution in [2.75, 3.05) is 19.7 Å². The van der Waals surface area contributed by atoms with Gasteiger partial charge in [0.2, 0.25) is 0 Å². The first kappa shape index (κ1) is 15.6. The highest BCUT2D eigenvalue weighted by atomic mass is 16.6. The average molecular weight is 298 g/mol. The van der Waals surface area contributed by atoms with Crippen LogP contribution >= 0.6 is 0 Å². The summed E-state index contributed by atoms with van der Waals surface area (Å²) >= 11 is 0. The first-order chi connectivity index (χ1) is 9.67. The Morgan fingerprint density at radius 1 is 1.10 bits per heavy atom. The van der Waals surface area contributed by atoms with Crippen molar-refractivity contribution < 1.29 is 23.9 Å². The molecule has 118 valence electrons. The maximum Gasteiger partial charge on any atom is 0.410 e. The van der Waals surface area contributed by atoms with Gasteiger partial charge in [-0.1, -0.05) is 0 Å². The standard InChI is InChI=1S/C14H22N2O5/c1-9(17)20-8-12(18)15-6-11-5-10(15)7-16(11)13(19)21-14(2,3)4/h10-11H,5-8H2,1-4H3. The predicted octanol–water partition coefficient (Wildman–Crippen LogP) is 0.770. The molecule has 2 amide bonds. The van der Waals surface area contributed by atoms with Gasteiger partial charge >= 0.3 is 12.1 Å². The number of fused-ring (bicyclic) bond motifs is 2. The van der Waals surface area contributed by atoms with E-state index in [-0.39, 0.29) is 30.7 Å². The molecule has 7 nitrogen and oxygen atoms in total. The lowest BCUT2D eigenvalue weighted by molar-refractivity contribution is -0.151. The number of ether oxygens (including phenoxy) is 2. The molecule has 2 heterocycles. The van der Waals surface area contributed by atoms with Crippen molar-refractivity contribution in [2.24, 2.45) is 0 Å². The zero-order valence-corrected chi connectivity index (χ0v) is 12.9. The monoisotopic (exact) mass is 298 g/mol. The molecule has 2 atom stereocenters. The smallest absolute Gasteiger partial charge is 0.410 e. The molecule has 0 aromatic heterocycles. The Labute approximate surface area is 124 Å². The third-order valence-electron chi connectivity index (χ3n) is 3.59. The van der Waals surface area contributed by atoms with E-state index in [0.29, 0.717) is 13.1 Å². The van der Waals surface area contributed by atoms with Gasteiger partial charge < -0.3 is 19.3 Å². The molecular formula is C14H22N2O5. The molecule has 2 rings (SSSR count). The van der Waals surface area contributed by atoms with E-state index < -0.39 is 11.6 Å². The highest BCUT2D eigenvalue weighted by Gasteiger charge is 2.48. The fourth-order valence-electron chi connectivity index (χ4n) is 2.76. The van der Waals surface area contributed by atoms with Crippen LogP contribution in [0.4, 0.5) is 4.79 Å². The molecule has 0 spiro atoms. The predicted molar refractivity (Wildman–Crippen MR) is 73.5 cm³/mol. The van der Waals surface area contributed by atoms with Crippen LogP contribution in [0.2, 0.25) is 0 Å². The van der Waals surface area contributed by atoms with Crippen LogP contribution in [0, 0.1) is 0 Å². The quantitative estimate of drug-likeness (QED) is 0.704. The van der Waals surface area contributed by atoms with Crippen molar-refractivity contribution in [1.29, 1.82) is 0 Å². The van der Waals surface area contributed by atoms with Crippen molar-refractivity contribution in [3.05, 3.63) is 0 Å². The second-order valence-electron chi connectivity index (χ2n) is 6.50. The molecule has 0 aliphatic carbocycles. The summed E-state index contributed by atoms with van der Waals surface area (Å²) in [6.45, 7) is 7.48. The van der Waals surface area contributed by atoms with E-state index >= 15 is 0 Å². The summed E-state index contributed by atoms with van der Waals surface area (Å²) in [6.07, 6.45) is 0.424. The molecule has 0 N–H and O–H groups in total. The number of rotatable bonds is 2. The van der Waals surface area contributed by atoms with Gasteiger partial charge in [-0.25, -0.2) is 4.79 Å². The molecule has 2 aliphatic rings. The number of likely N-dealkylation sites (tertiary alicyclic amines) is 2. The van der Waals surface area contributed by atoms with Crippen LogP contribution in [0.25, 0.3) is 0 Å². The van der Waals surface area contributed by atoms with Gasteiger partial charge in [0.15, 0.2) is 6.61 Å². The normalized spacial score (nSPS) is 24.2. The molecule has 0 saturated carbocycles. The number of nitrogens with zero attached hydrogens (tertiary/aromatic N) is 2. The Morgan fingerprint density at radius 3 is 2.14 bits per heavy atom. The van der Waals surface area contributed by atoms with E-state index in [1.54, 1.807) is 9.80 Å². The Balaban J connectivity index is 1.88. The first-order valence-electron chi connectivity index (χ1n) is 7.10. The largest absolute Gasteiger partial charge is 0.456 e. The number of carbonyl (C=O) groups is 3. The Kier molecular flexibility index (Phi) is 4.11. The van der Waals surface area contributed by atoms with Crippen LogP contribution in [0.15, 0.2) is 0 Å². The second-order valence-corrected chi connectivity index (χ2v) is 6.50. The summed E-state index contributed by atoms with van der Waals surface area (Å²) in [4.78, 5) is 38.1. The van der Waals surface area contributed by atoms with Crippen LogP contribution in [0.1, 0.15) is 34.1 Å². The minimum absolute atomic E-state index is 0.00821. The van der Waals surface area contributed by atoms with Crippen LogP contribution < -0.4 is 0 Å². The lowest BCUT2D eigenvalue weighted by Crippen LogP contribution is -2.52. The van der Waals surface area contributed by atoms with Crippen LogP contribution in [-0.4, -0.2) is 65.2 Å². The van der Waals surface area contributed by atoms with Gasteiger partial charge in [-0.3, -0.25) is 9.59 Å². The molecule has 0 aromatic carbocycles. The summed E-state index contributed by atoms with van der Waals surface area (Å²) in [5, 5.41) is 0. The third-order valence-corrected chi connectivity index (χ3v) is 3.59. The van der Waals surface area contributed by atoms with Gasteiger partial charge in [0.1, 0.15) is 5.60 Å². The molecule has 0 aromatic rings. The van der Waals surface area contributed by atoms with Crippen molar-refractivity contribution in [1.82, 2.24) is 9.80 Å². The summed E-state index contributed by atoms with van der Waals surface area (Å²) in [5.41, 5.74) is -0.524. The summed E-state index contributed by atoms with van der Waals surface area (Å²) in [5.74, 6) is -0.676. The number of hydrogen-bond donors (Lipinski definition) is 0.